The molecule has 2 aliphatic rings. The zero-order valence-electron chi connectivity index (χ0n) is 13.9. The molecular formula is C19H17FN2O4. The number of amides is 2. The van der Waals surface area contributed by atoms with Gasteiger partial charge in [0.1, 0.15) is 19.0 Å². The average Bonchev–Trinajstić information content (AvgIpc) is 3.01. The van der Waals surface area contributed by atoms with Gasteiger partial charge in [0.2, 0.25) is 5.91 Å². The highest BCUT2D eigenvalue weighted by atomic mass is 19.1. The molecule has 26 heavy (non-hydrogen) atoms. The van der Waals surface area contributed by atoms with Gasteiger partial charge in [-0.2, -0.15) is 0 Å². The summed E-state index contributed by atoms with van der Waals surface area (Å²) in [5.41, 5.74) is 0.652. The Morgan fingerprint density at radius 3 is 2.69 bits per heavy atom. The van der Waals surface area contributed by atoms with Gasteiger partial charge in [0.05, 0.1) is 11.6 Å². The summed E-state index contributed by atoms with van der Waals surface area (Å²) in [6.07, 6.45) is 0.161. The van der Waals surface area contributed by atoms with E-state index in [1.54, 1.807) is 29.2 Å². The molecule has 1 fully saturated rings. The summed E-state index contributed by atoms with van der Waals surface area (Å²) >= 11 is 0. The smallest absolute Gasteiger partial charge is 0.254 e. The molecule has 7 heteroatoms. The van der Waals surface area contributed by atoms with Crippen LogP contribution in [0.25, 0.3) is 0 Å². The highest BCUT2D eigenvalue weighted by Gasteiger charge is 2.32. The molecule has 2 amide bonds. The summed E-state index contributed by atoms with van der Waals surface area (Å²) < 4.78 is 24.8. The zero-order valence-corrected chi connectivity index (χ0v) is 13.9. The van der Waals surface area contributed by atoms with Crippen LogP contribution in [0.2, 0.25) is 0 Å². The summed E-state index contributed by atoms with van der Waals surface area (Å²) in [6.45, 7) is 1.28. The maximum atomic E-state index is 13.7. The standard InChI is InChI=1S/C19H17FN2O4/c20-15-4-2-1-3-14(15)19(24)21-12-9-18(23)22(11-12)13-5-6-16-17(10-13)26-8-7-25-16/h1-6,10,12H,7-9,11H2,(H,21,24)/t12-/m0/s1. The fourth-order valence-electron chi connectivity index (χ4n) is 3.16. The van der Waals surface area contributed by atoms with Crippen molar-refractivity contribution in [1.29, 1.82) is 0 Å². The van der Waals surface area contributed by atoms with Crippen molar-refractivity contribution in [2.75, 3.05) is 24.7 Å². The minimum absolute atomic E-state index is 0.0299. The molecule has 2 heterocycles. The van der Waals surface area contributed by atoms with Crippen molar-refractivity contribution in [3.05, 3.63) is 53.8 Å². The molecule has 0 unspecified atom stereocenters. The first-order chi connectivity index (χ1) is 12.6. The molecule has 0 saturated carbocycles. The maximum absolute atomic E-state index is 13.7. The van der Waals surface area contributed by atoms with E-state index in [0.717, 1.165) is 0 Å². The van der Waals surface area contributed by atoms with Crippen molar-refractivity contribution >= 4 is 17.5 Å². The van der Waals surface area contributed by atoms with Gasteiger partial charge in [0, 0.05) is 24.7 Å². The Morgan fingerprint density at radius 2 is 1.88 bits per heavy atom. The second-order valence-corrected chi connectivity index (χ2v) is 6.19. The lowest BCUT2D eigenvalue weighted by atomic mass is 10.1. The number of ether oxygens (including phenoxy) is 2. The summed E-state index contributed by atoms with van der Waals surface area (Å²) in [7, 11) is 0. The van der Waals surface area contributed by atoms with Gasteiger partial charge in [-0.25, -0.2) is 4.39 Å². The van der Waals surface area contributed by atoms with Crippen LogP contribution in [-0.2, 0) is 4.79 Å². The number of halogens is 1. The van der Waals surface area contributed by atoms with E-state index in [1.807, 2.05) is 0 Å². The van der Waals surface area contributed by atoms with Gasteiger partial charge in [0.25, 0.3) is 5.91 Å². The number of nitrogens with one attached hydrogen (secondary N) is 1. The molecule has 1 N–H and O–H groups in total. The Morgan fingerprint density at radius 1 is 1.12 bits per heavy atom. The Balaban J connectivity index is 1.47. The van der Waals surface area contributed by atoms with Crippen LogP contribution in [0.3, 0.4) is 0 Å². The van der Waals surface area contributed by atoms with E-state index in [0.29, 0.717) is 36.9 Å². The van der Waals surface area contributed by atoms with E-state index in [-0.39, 0.29) is 23.9 Å². The number of benzene rings is 2. The van der Waals surface area contributed by atoms with Crippen molar-refractivity contribution in [3.63, 3.8) is 0 Å². The van der Waals surface area contributed by atoms with Crippen LogP contribution < -0.4 is 19.7 Å². The summed E-state index contributed by atoms with van der Waals surface area (Å²) in [5, 5.41) is 2.73. The first-order valence-electron chi connectivity index (χ1n) is 8.37. The van der Waals surface area contributed by atoms with E-state index in [2.05, 4.69) is 5.32 Å². The number of hydrogen-bond acceptors (Lipinski definition) is 4. The lowest BCUT2D eigenvalue weighted by molar-refractivity contribution is -0.117. The minimum atomic E-state index is -0.585. The first kappa shape index (κ1) is 16.4. The SMILES string of the molecule is O=C(N[C@H]1CC(=O)N(c2ccc3c(c2)OCCO3)C1)c1ccccc1F. The molecule has 2 aromatic carbocycles. The number of carbonyl (C=O) groups is 2. The third-order valence-electron chi connectivity index (χ3n) is 4.42. The number of nitrogens with zero attached hydrogens (tertiary/aromatic N) is 1. The third kappa shape index (κ3) is 3.08. The second-order valence-electron chi connectivity index (χ2n) is 6.19. The Hall–Kier alpha value is -3.09. The van der Waals surface area contributed by atoms with E-state index in [1.165, 1.54) is 18.2 Å². The molecular weight excluding hydrogens is 339 g/mol. The van der Waals surface area contributed by atoms with Crippen molar-refractivity contribution < 1.29 is 23.5 Å². The maximum Gasteiger partial charge on any atom is 0.254 e. The van der Waals surface area contributed by atoms with Crippen molar-refractivity contribution in [2.24, 2.45) is 0 Å². The number of hydrogen-bond donors (Lipinski definition) is 1. The molecule has 2 aromatic rings. The summed E-state index contributed by atoms with van der Waals surface area (Å²) in [4.78, 5) is 26.2. The molecule has 2 aliphatic heterocycles. The molecule has 0 radical (unpaired) electrons. The van der Waals surface area contributed by atoms with Crippen LogP contribution in [0.5, 0.6) is 11.5 Å². The largest absolute Gasteiger partial charge is 0.486 e. The molecule has 6 nitrogen and oxygen atoms in total. The predicted octanol–water partition coefficient (Wildman–Crippen LogP) is 2.13. The molecule has 0 spiro atoms. The normalized spacial score (nSPS) is 18.7. The molecule has 1 saturated heterocycles. The van der Waals surface area contributed by atoms with Crippen LogP contribution in [0.15, 0.2) is 42.5 Å². The van der Waals surface area contributed by atoms with Gasteiger partial charge < -0.3 is 19.7 Å². The number of fused-ring (bicyclic) bond motifs is 1. The van der Waals surface area contributed by atoms with E-state index >= 15 is 0 Å². The van der Waals surface area contributed by atoms with E-state index in [4.69, 9.17) is 9.47 Å². The van der Waals surface area contributed by atoms with E-state index < -0.39 is 11.7 Å². The highest BCUT2D eigenvalue weighted by molar-refractivity contribution is 5.99. The fourth-order valence-corrected chi connectivity index (χ4v) is 3.16. The van der Waals surface area contributed by atoms with Gasteiger partial charge in [-0.3, -0.25) is 9.59 Å². The molecule has 134 valence electrons. The van der Waals surface area contributed by atoms with Crippen molar-refractivity contribution in [2.45, 2.75) is 12.5 Å². The van der Waals surface area contributed by atoms with Gasteiger partial charge >= 0.3 is 0 Å². The van der Waals surface area contributed by atoms with Gasteiger partial charge in [-0.05, 0) is 24.3 Å². The van der Waals surface area contributed by atoms with Crippen molar-refractivity contribution in [1.82, 2.24) is 5.32 Å². The van der Waals surface area contributed by atoms with Crippen LogP contribution >= 0.6 is 0 Å². The Labute approximate surface area is 149 Å². The predicted molar refractivity (Wildman–Crippen MR) is 92.1 cm³/mol. The third-order valence-corrected chi connectivity index (χ3v) is 4.42. The molecule has 4 rings (SSSR count). The van der Waals surface area contributed by atoms with Crippen molar-refractivity contribution in [3.8, 4) is 11.5 Å². The van der Waals surface area contributed by atoms with Crippen LogP contribution in [-0.4, -0.2) is 37.6 Å². The van der Waals surface area contributed by atoms with E-state index in [9.17, 15) is 14.0 Å². The lowest BCUT2D eigenvalue weighted by Crippen LogP contribution is -2.37. The molecule has 0 bridgehead atoms. The fraction of sp³-hybridized carbons (Fsp3) is 0.263. The Kier molecular flexibility index (Phi) is 4.20. The minimum Gasteiger partial charge on any atom is -0.486 e. The molecule has 0 aliphatic carbocycles. The number of carbonyl (C=O) groups excluding carboxylic acids is 2. The highest BCUT2D eigenvalue weighted by Crippen LogP contribution is 2.35. The zero-order chi connectivity index (χ0) is 18.1. The monoisotopic (exact) mass is 356 g/mol. The number of anilines is 1. The van der Waals surface area contributed by atoms with Crippen LogP contribution in [0.1, 0.15) is 16.8 Å². The summed E-state index contributed by atoms with van der Waals surface area (Å²) in [6, 6.07) is 10.7. The first-order valence-corrected chi connectivity index (χ1v) is 8.37. The molecule has 1 atom stereocenters. The quantitative estimate of drug-likeness (QED) is 0.915. The molecule has 0 aromatic heterocycles. The average molecular weight is 356 g/mol. The Bertz CT molecular complexity index is 870. The van der Waals surface area contributed by atoms with Gasteiger partial charge in [-0.1, -0.05) is 12.1 Å². The van der Waals surface area contributed by atoms with Gasteiger partial charge in [-0.15, -0.1) is 0 Å². The van der Waals surface area contributed by atoms with Crippen LogP contribution in [0.4, 0.5) is 10.1 Å². The lowest BCUT2D eigenvalue weighted by Gasteiger charge is -2.22. The summed E-state index contributed by atoms with van der Waals surface area (Å²) in [5.74, 6) is 0.0277. The number of rotatable bonds is 3. The van der Waals surface area contributed by atoms with Gasteiger partial charge in [0.15, 0.2) is 11.5 Å². The van der Waals surface area contributed by atoms with Crippen LogP contribution in [0, 0.1) is 5.82 Å². The second kappa shape index (κ2) is 6.67. The topological polar surface area (TPSA) is 67.9 Å².